The molecule has 0 atom stereocenters. The minimum atomic E-state index is -0.0887. The van der Waals surface area contributed by atoms with Crippen molar-refractivity contribution in [1.29, 1.82) is 0 Å². The number of carbonyl (C=O) groups excluding carboxylic acids is 1. The molecule has 4 aromatic rings. The van der Waals surface area contributed by atoms with E-state index in [1.54, 1.807) is 16.5 Å². The van der Waals surface area contributed by atoms with E-state index in [2.05, 4.69) is 16.5 Å². The van der Waals surface area contributed by atoms with Gasteiger partial charge in [-0.05, 0) is 18.2 Å². The summed E-state index contributed by atoms with van der Waals surface area (Å²) in [5.74, 6) is -0.0887. The van der Waals surface area contributed by atoms with Crippen molar-refractivity contribution in [2.75, 3.05) is 11.4 Å². The quantitative estimate of drug-likeness (QED) is 0.446. The maximum Gasteiger partial charge on any atom is 0.260 e. The minimum absolute atomic E-state index is 0.0887. The fourth-order valence-electron chi connectivity index (χ4n) is 2.65. The van der Waals surface area contributed by atoms with Gasteiger partial charge >= 0.3 is 0 Å². The second-order valence-corrected chi connectivity index (χ2v) is 7.34. The summed E-state index contributed by atoms with van der Waals surface area (Å²) >= 11 is 2.98. The highest BCUT2D eigenvalue weighted by Gasteiger charge is 2.20. The molecule has 0 fully saturated rings. The third-order valence-electron chi connectivity index (χ3n) is 3.93. The van der Waals surface area contributed by atoms with Gasteiger partial charge in [-0.2, -0.15) is 0 Å². The van der Waals surface area contributed by atoms with E-state index in [0.717, 1.165) is 21.5 Å². The van der Waals surface area contributed by atoms with Gasteiger partial charge in [0.1, 0.15) is 0 Å². The van der Waals surface area contributed by atoms with Crippen molar-refractivity contribution in [2.45, 2.75) is 0 Å². The van der Waals surface area contributed by atoms with Gasteiger partial charge in [0.2, 0.25) is 0 Å². The molecule has 0 N–H and O–H groups in total. The van der Waals surface area contributed by atoms with Crippen LogP contribution >= 0.6 is 22.7 Å². The number of anilines is 1. The molecule has 2 aromatic carbocycles. The second kappa shape index (κ2) is 7.19. The van der Waals surface area contributed by atoms with E-state index < -0.39 is 0 Å². The van der Waals surface area contributed by atoms with E-state index in [1.807, 2.05) is 53.9 Å². The van der Waals surface area contributed by atoms with Crippen LogP contribution in [0, 0.1) is 0 Å². The Morgan fingerprint density at radius 2 is 2.00 bits per heavy atom. The average Bonchev–Trinajstić information content (AvgIpc) is 3.35. The number of benzene rings is 2. The van der Waals surface area contributed by atoms with Crippen molar-refractivity contribution < 1.29 is 4.79 Å². The minimum Gasteiger partial charge on any atom is -0.280 e. The SMILES string of the molecule is C=CCN(C(=O)c1ccc2ncsc2c1)c1nc(-c2ccccc2)cs1. The fourth-order valence-corrected chi connectivity index (χ4v) is 4.21. The maximum absolute atomic E-state index is 13.1. The lowest BCUT2D eigenvalue weighted by molar-refractivity contribution is 0.0990. The normalized spacial score (nSPS) is 10.8. The van der Waals surface area contributed by atoms with Crippen LogP contribution in [0.1, 0.15) is 10.4 Å². The molecule has 128 valence electrons. The molecule has 1 amide bonds. The van der Waals surface area contributed by atoms with Crippen LogP contribution in [0.15, 0.2) is 72.1 Å². The summed E-state index contributed by atoms with van der Waals surface area (Å²) in [7, 11) is 0. The Balaban J connectivity index is 1.68. The lowest BCUT2D eigenvalue weighted by atomic mass is 10.2. The Morgan fingerprint density at radius 1 is 1.15 bits per heavy atom. The van der Waals surface area contributed by atoms with E-state index in [9.17, 15) is 4.79 Å². The summed E-state index contributed by atoms with van der Waals surface area (Å²) in [6.45, 7) is 4.19. The average molecular weight is 377 g/mol. The Labute approximate surface area is 159 Å². The van der Waals surface area contributed by atoms with Crippen LogP contribution in [0.2, 0.25) is 0 Å². The number of carbonyl (C=O) groups is 1. The van der Waals surface area contributed by atoms with Gasteiger partial charge in [0.25, 0.3) is 5.91 Å². The molecule has 0 radical (unpaired) electrons. The molecule has 0 aliphatic carbocycles. The van der Waals surface area contributed by atoms with Crippen LogP contribution in [0.4, 0.5) is 5.13 Å². The van der Waals surface area contributed by atoms with Crippen LogP contribution < -0.4 is 4.90 Å². The van der Waals surface area contributed by atoms with Gasteiger partial charge in [0.05, 0.1) is 21.4 Å². The van der Waals surface area contributed by atoms with E-state index in [1.165, 1.54) is 22.7 Å². The first-order chi connectivity index (χ1) is 12.8. The third-order valence-corrected chi connectivity index (χ3v) is 5.58. The number of thiazole rings is 2. The number of amides is 1. The molecule has 0 spiro atoms. The Bertz CT molecular complexity index is 1070. The number of rotatable bonds is 5. The van der Waals surface area contributed by atoms with Crippen molar-refractivity contribution in [2.24, 2.45) is 0 Å². The number of fused-ring (bicyclic) bond motifs is 1. The zero-order valence-corrected chi connectivity index (χ0v) is 15.5. The van der Waals surface area contributed by atoms with Crippen molar-refractivity contribution in [3.8, 4) is 11.3 Å². The largest absolute Gasteiger partial charge is 0.280 e. The predicted molar refractivity (Wildman–Crippen MR) is 109 cm³/mol. The van der Waals surface area contributed by atoms with E-state index in [4.69, 9.17) is 0 Å². The number of nitrogens with zero attached hydrogens (tertiary/aromatic N) is 3. The molecule has 0 aliphatic heterocycles. The van der Waals surface area contributed by atoms with Crippen LogP contribution in [0.25, 0.3) is 21.5 Å². The maximum atomic E-state index is 13.1. The molecule has 26 heavy (non-hydrogen) atoms. The zero-order valence-electron chi connectivity index (χ0n) is 13.8. The Morgan fingerprint density at radius 3 is 2.81 bits per heavy atom. The summed E-state index contributed by atoms with van der Waals surface area (Å²) < 4.78 is 0.999. The topological polar surface area (TPSA) is 46.1 Å². The van der Waals surface area contributed by atoms with Crippen molar-refractivity contribution >= 4 is 43.9 Å². The van der Waals surface area contributed by atoms with E-state index in [-0.39, 0.29) is 5.91 Å². The molecule has 0 saturated heterocycles. The van der Waals surface area contributed by atoms with Crippen LogP contribution in [0.3, 0.4) is 0 Å². The van der Waals surface area contributed by atoms with Crippen LogP contribution in [-0.2, 0) is 0 Å². The summed E-state index contributed by atoms with van der Waals surface area (Å²) in [5, 5.41) is 2.64. The van der Waals surface area contributed by atoms with Gasteiger partial charge in [0, 0.05) is 23.1 Å². The molecular formula is C20H15N3OS2. The molecule has 6 heteroatoms. The highest BCUT2D eigenvalue weighted by molar-refractivity contribution is 7.16. The summed E-state index contributed by atoms with van der Waals surface area (Å²) in [5.41, 5.74) is 5.22. The highest BCUT2D eigenvalue weighted by Crippen LogP contribution is 2.29. The molecule has 2 aromatic heterocycles. The van der Waals surface area contributed by atoms with Gasteiger partial charge in [-0.15, -0.1) is 29.3 Å². The van der Waals surface area contributed by atoms with Crippen molar-refractivity contribution in [3.63, 3.8) is 0 Å². The number of hydrogen-bond acceptors (Lipinski definition) is 5. The zero-order chi connectivity index (χ0) is 17.9. The standard InChI is InChI=1S/C20H15N3OS2/c1-2-10-23(19(24)15-8-9-16-18(11-15)26-13-21-16)20-22-17(12-25-20)14-6-4-3-5-7-14/h2-9,11-13H,1,10H2. The summed E-state index contributed by atoms with van der Waals surface area (Å²) in [6, 6.07) is 15.5. The lowest BCUT2D eigenvalue weighted by Gasteiger charge is -2.18. The first kappa shape index (κ1) is 16.6. The number of aromatic nitrogens is 2. The van der Waals surface area contributed by atoms with Gasteiger partial charge in [0.15, 0.2) is 5.13 Å². The highest BCUT2D eigenvalue weighted by atomic mass is 32.1. The lowest BCUT2D eigenvalue weighted by Crippen LogP contribution is -2.30. The molecule has 4 nitrogen and oxygen atoms in total. The van der Waals surface area contributed by atoms with E-state index >= 15 is 0 Å². The molecule has 0 bridgehead atoms. The van der Waals surface area contributed by atoms with Crippen molar-refractivity contribution in [1.82, 2.24) is 9.97 Å². The Kier molecular flexibility index (Phi) is 4.60. The second-order valence-electron chi connectivity index (χ2n) is 5.62. The van der Waals surface area contributed by atoms with Gasteiger partial charge < -0.3 is 0 Å². The number of hydrogen-bond donors (Lipinski definition) is 0. The summed E-state index contributed by atoms with van der Waals surface area (Å²) in [6.07, 6.45) is 1.71. The monoisotopic (exact) mass is 377 g/mol. The van der Waals surface area contributed by atoms with Crippen molar-refractivity contribution in [3.05, 3.63) is 77.6 Å². The van der Waals surface area contributed by atoms with Gasteiger partial charge in [-0.1, -0.05) is 36.4 Å². The first-order valence-electron chi connectivity index (χ1n) is 8.03. The molecule has 0 saturated carbocycles. The molecule has 0 unspecified atom stereocenters. The predicted octanol–water partition coefficient (Wildman–Crippen LogP) is 5.25. The Hall–Kier alpha value is -2.83. The van der Waals surface area contributed by atoms with Gasteiger partial charge in [-0.25, -0.2) is 9.97 Å². The van der Waals surface area contributed by atoms with Crippen LogP contribution in [-0.4, -0.2) is 22.4 Å². The molecule has 4 rings (SSSR count). The third kappa shape index (κ3) is 3.16. The summed E-state index contributed by atoms with van der Waals surface area (Å²) in [4.78, 5) is 23.7. The molecule has 2 heterocycles. The van der Waals surface area contributed by atoms with Crippen LogP contribution in [0.5, 0.6) is 0 Å². The fraction of sp³-hybridized carbons (Fsp3) is 0.0500. The van der Waals surface area contributed by atoms with Gasteiger partial charge in [-0.3, -0.25) is 9.69 Å². The first-order valence-corrected chi connectivity index (χ1v) is 9.79. The molecular weight excluding hydrogens is 362 g/mol. The smallest absolute Gasteiger partial charge is 0.260 e. The molecule has 0 aliphatic rings. The van der Waals surface area contributed by atoms with E-state index in [0.29, 0.717) is 17.2 Å².